The molecule has 0 spiro atoms. The number of imidazole rings is 1. The van der Waals surface area contributed by atoms with E-state index < -0.39 is 0 Å². The summed E-state index contributed by atoms with van der Waals surface area (Å²) < 4.78 is 0. The number of aromatic nitrogens is 3. The molecule has 1 amide bonds. The zero-order valence-corrected chi connectivity index (χ0v) is 15.2. The van der Waals surface area contributed by atoms with Crippen molar-refractivity contribution in [3.8, 4) is 11.5 Å². The summed E-state index contributed by atoms with van der Waals surface area (Å²) in [5.74, 6) is 1.35. The maximum absolute atomic E-state index is 13.1. The normalized spacial score (nSPS) is 24.7. The summed E-state index contributed by atoms with van der Waals surface area (Å²) >= 11 is 0. The van der Waals surface area contributed by atoms with Crippen LogP contribution in [0.2, 0.25) is 0 Å². The molecule has 0 radical (unpaired) electrons. The van der Waals surface area contributed by atoms with Gasteiger partial charge in [-0.05, 0) is 55.6 Å². The molecule has 1 saturated heterocycles. The van der Waals surface area contributed by atoms with E-state index in [0.29, 0.717) is 5.92 Å². The predicted molar refractivity (Wildman–Crippen MR) is 105 cm³/mol. The van der Waals surface area contributed by atoms with Crippen molar-refractivity contribution >= 4 is 22.6 Å². The Balaban J connectivity index is 1.41. The molecule has 1 aliphatic carbocycles. The molecule has 1 aromatic carbocycles. The van der Waals surface area contributed by atoms with E-state index in [1.54, 1.807) is 6.20 Å². The lowest BCUT2D eigenvalue weighted by Gasteiger charge is -2.37. The summed E-state index contributed by atoms with van der Waals surface area (Å²) in [6.07, 6.45) is 6.25. The molecule has 3 aromatic rings. The first-order chi connectivity index (χ1) is 13.2. The number of carbonyl (C=O) groups excluding carboxylic acids is 1. The summed E-state index contributed by atoms with van der Waals surface area (Å²) in [5.41, 5.74) is 3.13. The number of anilines is 1. The van der Waals surface area contributed by atoms with Crippen LogP contribution in [-0.4, -0.2) is 33.9 Å². The number of hydrogen-bond acceptors (Lipinski definition) is 4. The van der Waals surface area contributed by atoms with Gasteiger partial charge in [0.05, 0.1) is 16.4 Å². The number of amides is 1. The topological polar surface area (TPSA) is 82.7 Å². The highest BCUT2D eigenvalue weighted by Gasteiger charge is 2.49. The molecule has 1 aliphatic heterocycles. The summed E-state index contributed by atoms with van der Waals surface area (Å²) in [6, 6.07) is 11.6. The van der Waals surface area contributed by atoms with Gasteiger partial charge in [0.25, 0.3) is 0 Å². The number of benzene rings is 1. The first kappa shape index (κ1) is 16.4. The number of nitrogens with one attached hydrogen (secondary N) is 3. The highest BCUT2D eigenvalue weighted by atomic mass is 16.2. The molecule has 2 fully saturated rings. The lowest BCUT2D eigenvalue weighted by atomic mass is 9.67. The molecule has 6 nitrogen and oxygen atoms in total. The molecular formula is C21H23N5O. The predicted octanol–water partition coefficient (Wildman–Crippen LogP) is 3.34. The largest absolute Gasteiger partial charge is 0.337 e. The third-order valence-electron chi connectivity index (χ3n) is 6.14. The number of fused-ring (bicyclic) bond motifs is 2. The van der Waals surface area contributed by atoms with Crippen molar-refractivity contribution in [1.29, 1.82) is 0 Å². The van der Waals surface area contributed by atoms with Gasteiger partial charge in [-0.2, -0.15) is 0 Å². The van der Waals surface area contributed by atoms with Crippen LogP contribution in [0, 0.1) is 11.3 Å². The van der Waals surface area contributed by atoms with Crippen LogP contribution in [0.1, 0.15) is 25.7 Å². The number of nitrogens with zero attached hydrogens (tertiary/aromatic N) is 2. The molecule has 5 rings (SSSR count). The van der Waals surface area contributed by atoms with E-state index in [4.69, 9.17) is 0 Å². The van der Waals surface area contributed by atoms with Gasteiger partial charge >= 0.3 is 0 Å². The number of rotatable bonds is 3. The average Bonchev–Trinajstić information content (AvgIpc) is 3.33. The molecule has 6 heteroatoms. The van der Waals surface area contributed by atoms with E-state index in [1.807, 2.05) is 36.4 Å². The third-order valence-corrected chi connectivity index (χ3v) is 6.14. The summed E-state index contributed by atoms with van der Waals surface area (Å²) in [5, 5.41) is 6.61. The Morgan fingerprint density at radius 3 is 3.07 bits per heavy atom. The second-order valence-corrected chi connectivity index (χ2v) is 7.72. The van der Waals surface area contributed by atoms with E-state index >= 15 is 0 Å². The Kier molecular flexibility index (Phi) is 3.93. The number of carbonyl (C=O) groups is 1. The minimum Gasteiger partial charge on any atom is -0.337 e. The quantitative estimate of drug-likeness (QED) is 0.668. The smallest absolute Gasteiger partial charge is 0.232 e. The van der Waals surface area contributed by atoms with Crippen molar-refractivity contribution in [1.82, 2.24) is 20.3 Å². The SMILES string of the molecule is O=C(Nc1ccc2nc(-c3ccccn3)[nH]c2c1)[C@@]12CCCC[C@H]1CNC2. The van der Waals surface area contributed by atoms with Gasteiger partial charge in [-0.25, -0.2) is 4.98 Å². The van der Waals surface area contributed by atoms with Crippen LogP contribution in [0.3, 0.4) is 0 Å². The molecule has 2 aromatic heterocycles. The zero-order chi connectivity index (χ0) is 18.3. The maximum Gasteiger partial charge on any atom is 0.232 e. The Hall–Kier alpha value is -2.73. The first-order valence-corrected chi connectivity index (χ1v) is 9.68. The molecule has 3 N–H and O–H groups in total. The first-order valence-electron chi connectivity index (χ1n) is 9.68. The lowest BCUT2D eigenvalue weighted by Crippen LogP contribution is -2.44. The van der Waals surface area contributed by atoms with Crippen LogP contribution >= 0.6 is 0 Å². The van der Waals surface area contributed by atoms with Gasteiger partial charge in [0.2, 0.25) is 5.91 Å². The van der Waals surface area contributed by atoms with E-state index in [-0.39, 0.29) is 11.3 Å². The monoisotopic (exact) mass is 361 g/mol. The Labute approximate surface area is 157 Å². The molecule has 138 valence electrons. The summed E-state index contributed by atoms with van der Waals surface area (Å²) in [7, 11) is 0. The van der Waals surface area contributed by atoms with E-state index in [2.05, 4.69) is 25.6 Å². The van der Waals surface area contributed by atoms with Crippen LogP contribution in [0.25, 0.3) is 22.6 Å². The van der Waals surface area contributed by atoms with Gasteiger partial charge in [0.15, 0.2) is 5.82 Å². The van der Waals surface area contributed by atoms with Gasteiger partial charge in [-0.3, -0.25) is 9.78 Å². The molecule has 27 heavy (non-hydrogen) atoms. The molecule has 1 saturated carbocycles. The fraction of sp³-hybridized carbons (Fsp3) is 0.381. The standard InChI is InChI=1S/C21H23N5O/c27-20(21-9-3-1-5-14(21)12-22-13-21)24-15-7-8-16-18(11-15)26-19(25-16)17-6-2-4-10-23-17/h2,4,6-8,10-11,14,22H,1,3,5,9,12-13H2,(H,24,27)(H,25,26)/t14-,21+/m0/s1. The van der Waals surface area contributed by atoms with Crippen molar-refractivity contribution in [2.24, 2.45) is 11.3 Å². The molecule has 0 bridgehead atoms. The molecule has 2 aliphatic rings. The van der Waals surface area contributed by atoms with Crippen molar-refractivity contribution in [3.63, 3.8) is 0 Å². The van der Waals surface area contributed by atoms with Crippen LogP contribution < -0.4 is 10.6 Å². The number of aromatic amines is 1. The van der Waals surface area contributed by atoms with E-state index in [0.717, 1.165) is 60.6 Å². The highest BCUT2D eigenvalue weighted by molar-refractivity contribution is 5.97. The fourth-order valence-corrected chi connectivity index (χ4v) is 4.66. The van der Waals surface area contributed by atoms with Crippen molar-refractivity contribution in [2.45, 2.75) is 25.7 Å². The van der Waals surface area contributed by atoms with E-state index in [9.17, 15) is 4.79 Å². The Morgan fingerprint density at radius 2 is 2.19 bits per heavy atom. The average molecular weight is 361 g/mol. The van der Waals surface area contributed by atoms with Crippen LogP contribution in [0.15, 0.2) is 42.6 Å². The van der Waals surface area contributed by atoms with Gasteiger partial charge in [-0.1, -0.05) is 18.9 Å². The van der Waals surface area contributed by atoms with Crippen LogP contribution in [0.4, 0.5) is 5.69 Å². The third kappa shape index (κ3) is 2.80. The van der Waals surface area contributed by atoms with Crippen LogP contribution in [0.5, 0.6) is 0 Å². The zero-order valence-electron chi connectivity index (χ0n) is 15.2. The fourth-order valence-electron chi connectivity index (χ4n) is 4.66. The van der Waals surface area contributed by atoms with Crippen LogP contribution in [-0.2, 0) is 4.79 Å². The Morgan fingerprint density at radius 1 is 1.22 bits per heavy atom. The number of H-pyrrole nitrogens is 1. The summed E-state index contributed by atoms with van der Waals surface area (Å²) in [6.45, 7) is 1.75. The van der Waals surface area contributed by atoms with E-state index in [1.165, 1.54) is 6.42 Å². The van der Waals surface area contributed by atoms with Crippen molar-refractivity contribution in [3.05, 3.63) is 42.6 Å². The number of hydrogen-bond donors (Lipinski definition) is 3. The second-order valence-electron chi connectivity index (χ2n) is 7.72. The molecule has 2 atom stereocenters. The van der Waals surface area contributed by atoms with Gasteiger partial charge in [0.1, 0.15) is 5.69 Å². The maximum atomic E-state index is 13.1. The van der Waals surface area contributed by atoms with Crippen molar-refractivity contribution < 1.29 is 4.79 Å². The van der Waals surface area contributed by atoms with Gasteiger partial charge in [0, 0.05) is 18.4 Å². The van der Waals surface area contributed by atoms with Crippen molar-refractivity contribution in [2.75, 3.05) is 18.4 Å². The molecule has 3 heterocycles. The lowest BCUT2D eigenvalue weighted by molar-refractivity contribution is -0.128. The highest BCUT2D eigenvalue weighted by Crippen LogP contribution is 2.44. The summed E-state index contributed by atoms with van der Waals surface area (Å²) in [4.78, 5) is 25.4. The molecular weight excluding hydrogens is 338 g/mol. The number of pyridine rings is 1. The second kappa shape index (κ2) is 6.46. The van der Waals surface area contributed by atoms with Gasteiger partial charge < -0.3 is 15.6 Å². The van der Waals surface area contributed by atoms with Gasteiger partial charge in [-0.15, -0.1) is 0 Å². The molecule has 0 unspecified atom stereocenters. The minimum absolute atomic E-state index is 0.154. The minimum atomic E-state index is -0.250. The Bertz CT molecular complexity index is 983.